The van der Waals surface area contributed by atoms with Gasteiger partial charge in [-0.1, -0.05) is 30.3 Å². The Morgan fingerprint density at radius 2 is 2.08 bits per heavy atom. The summed E-state index contributed by atoms with van der Waals surface area (Å²) in [6.45, 7) is 2.53. The molecule has 1 saturated carbocycles. The normalized spacial score (nSPS) is 23.5. The molecule has 1 aliphatic heterocycles. The summed E-state index contributed by atoms with van der Waals surface area (Å²) in [5, 5.41) is 7.40. The van der Waals surface area contributed by atoms with Crippen molar-refractivity contribution in [3.8, 4) is 0 Å². The van der Waals surface area contributed by atoms with Crippen LogP contribution in [-0.2, 0) is 9.53 Å². The Bertz CT molecular complexity index is 810. The van der Waals surface area contributed by atoms with Gasteiger partial charge in [-0.25, -0.2) is 4.98 Å². The van der Waals surface area contributed by atoms with E-state index in [1.54, 1.807) is 13.2 Å². The molecule has 4 rings (SSSR count). The lowest BCUT2D eigenvalue weighted by Gasteiger charge is -2.21. The lowest BCUT2D eigenvalue weighted by molar-refractivity contribution is -0.127. The zero-order valence-corrected chi connectivity index (χ0v) is 15.2. The predicted octanol–water partition coefficient (Wildman–Crippen LogP) is 3.07. The molecule has 2 atom stereocenters. The van der Waals surface area contributed by atoms with Gasteiger partial charge in [0.15, 0.2) is 5.82 Å². The molecule has 0 spiro atoms. The van der Waals surface area contributed by atoms with Gasteiger partial charge in [0.05, 0.1) is 12.1 Å². The number of ether oxygens (including phenoxy) is 1. The van der Waals surface area contributed by atoms with E-state index in [1.807, 2.05) is 42.2 Å². The molecule has 1 N–H and O–H groups in total. The summed E-state index contributed by atoms with van der Waals surface area (Å²) in [6, 6.07) is 9.83. The van der Waals surface area contributed by atoms with Gasteiger partial charge in [0.1, 0.15) is 5.82 Å². The van der Waals surface area contributed by atoms with Crippen molar-refractivity contribution in [2.24, 2.45) is 0 Å². The number of aromatic amines is 1. The summed E-state index contributed by atoms with van der Waals surface area (Å²) in [5.41, 5.74) is 2.00. The minimum atomic E-state index is -0.118. The van der Waals surface area contributed by atoms with Crippen molar-refractivity contribution in [2.45, 2.75) is 44.2 Å². The Morgan fingerprint density at radius 1 is 1.31 bits per heavy atom. The molecule has 6 nitrogen and oxygen atoms in total. The molecule has 136 valence electrons. The first-order valence-electron chi connectivity index (χ1n) is 9.15. The summed E-state index contributed by atoms with van der Waals surface area (Å²) < 4.78 is 5.52. The maximum atomic E-state index is 13.0. The lowest BCUT2D eigenvalue weighted by Crippen LogP contribution is -2.31. The van der Waals surface area contributed by atoms with Gasteiger partial charge in [0.2, 0.25) is 5.91 Å². The van der Waals surface area contributed by atoms with Crippen LogP contribution in [0.15, 0.2) is 36.4 Å². The molecule has 0 bridgehead atoms. The zero-order chi connectivity index (χ0) is 18.1. The molecule has 1 amide bonds. The molecule has 1 aromatic carbocycles. The second-order valence-corrected chi connectivity index (χ2v) is 7.15. The van der Waals surface area contributed by atoms with Gasteiger partial charge < -0.3 is 9.64 Å². The molecule has 6 heteroatoms. The maximum Gasteiger partial charge on any atom is 0.247 e. The molecule has 26 heavy (non-hydrogen) atoms. The molecule has 0 unspecified atom stereocenters. The van der Waals surface area contributed by atoms with Crippen molar-refractivity contribution in [2.75, 3.05) is 13.7 Å². The summed E-state index contributed by atoms with van der Waals surface area (Å²) in [7, 11) is 1.69. The molecule has 2 heterocycles. The van der Waals surface area contributed by atoms with Crippen LogP contribution in [0.5, 0.6) is 0 Å². The highest BCUT2D eigenvalue weighted by Crippen LogP contribution is 2.39. The van der Waals surface area contributed by atoms with Crippen molar-refractivity contribution in [3.63, 3.8) is 0 Å². The van der Waals surface area contributed by atoms with Gasteiger partial charge in [-0.05, 0) is 30.9 Å². The van der Waals surface area contributed by atoms with Crippen LogP contribution in [-0.4, -0.2) is 45.7 Å². The topological polar surface area (TPSA) is 71.1 Å². The third-order valence-electron chi connectivity index (χ3n) is 5.23. The summed E-state index contributed by atoms with van der Waals surface area (Å²) in [5.74, 6) is 2.12. The molecule has 2 aliphatic rings. The highest BCUT2D eigenvalue weighted by atomic mass is 16.5. The van der Waals surface area contributed by atoms with Gasteiger partial charge in [-0.2, -0.15) is 5.10 Å². The molecular formula is C20H24N4O2. The summed E-state index contributed by atoms with van der Waals surface area (Å²) in [4.78, 5) is 19.5. The average molecular weight is 352 g/mol. The van der Waals surface area contributed by atoms with E-state index in [-0.39, 0.29) is 18.1 Å². The minimum Gasteiger partial charge on any atom is -0.380 e. The number of H-pyrrole nitrogens is 1. The Kier molecular flexibility index (Phi) is 4.59. The first-order chi connectivity index (χ1) is 12.7. The molecule has 1 aliphatic carbocycles. The van der Waals surface area contributed by atoms with E-state index in [2.05, 4.69) is 15.2 Å². The van der Waals surface area contributed by atoms with Crippen LogP contribution in [0.3, 0.4) is 0 Å². The van der Waals surface area contributed by atoms with E-state index < -0.39 is 0 Å². The first-order valence-corrected chi connectivity index (χ1v) is 9.15. The van der Waals surface area contributed by atoms with Crippen LogP contribution in [0.2, 0.25) is 0 Å². The van der Waals surface area contributed by atoms with E-state index in [0.29, 0.717) is 12.5 Å². The number of nitrogens with one attached hydrogen (secondary N) is 1. The predicted molar refractivity (Wildman–Crippen MR) is 98.3 cm³/mol. The number of aromatic nitrogens is 3. The second-order valence-electron chi connectivity index (χ2n) is 7.15. The van der Waals surface area contributed by atoms with E-state index in [9.17, 15) is 4.79 Å². The Hall–Kier alpha value is -2.47. The van der Waals surface area contributed by atoms with Crippen molar-refractivity contribution >= 4 is 11.5 Å². The van der Waals surface area contributed by atoms with Gasteiger partial charge in [-0.15, -0.1) is 0 Å². The van der Waals surface area contributed by atoms with Crippen molar-refractivity contribution < 1.29 is 9.53 Å². The Balaban J connectivity index is 1.56. The van der Waals surface area contributed by atoms with Crippen LogP contribution in [0.4, 0.5) is 0 Å². The van der Waals surface area contributed by atoms with E-state index in [1.165, 1.54) is 0 Å². The van der Waals surface area contributed by atoms with E-state index >= 15 is 0 Å². The fraction of sp³-hybridized carbons (Fsp3) is 0.450. The van der Waals surface area contributed by atoms with Gasteiger partial charge in [-0.3, -0.25) is 9.89 Å². The first kappa shape index (κ1) is 17.0. The number of rotatable bonds is 5. The van der Waals surface area contributed by atoms with Gasteiger partial charge in [0.25, 0.3) is 0 Å². The number of nitrogens with zero attached hydrogens (tertiary/aromatic N) is 3. The number of hydrogen-bond donors (Lipinski definition) is 1. The number of carbonyl (C=O) groups is 1. The van der Waals surface area contributed by atoms with Crippen LogP contribution < -0.4 is 0 Å². The fourth-order valence-corrected chi connectivity index (χ4v) is 3.48. The molecule has 1 saturated heterocycles. The van der Waals surface area contributed by atoms with Crippen molar-refractivity contribution in [1.29, 1.82) is 0 Å². The molecule has 1 aromatic heterocycles. The highest BCUT2D eigenvalue weighted by Gasteiger charge is 2.38. The van der Waals surface area contributed by atoms with Gasteiger partial charge >= 0.3 is 0 Å². The van der Waals surface area contributed by atoms with E-state index in [4.69, 9.17) is 4.74 Å². The number of hydrogen-bond acceptors (Lipinski definition) is 4. The van der Waals surface area contributed by atoms with Crippen molar-refractivity contribution in [1.82, 2.24) is 20.1 Å². The Labute approximate surface area is 153 Å². The number of allylic oxidation sites excluding steroid dienone is 1. The number of likely N-dealkylation sites (tertiary alicyclic amines) is 1. The number of carbonyl (C=O) groups excluding carboxylic acids is 1. The third-order valence-corrected chi connectivity index (χ3v) is 5.23. The van der Waals surface area contributed by atoms with Crippen LogP contribution >= 0.6 is 0 Å². The summed E-state index contributed by atoms with van der Waals surface area (Å²) in [6.07, 6.45) is 4.77. The largest absolute Gasteiger partial charge is 0.380 e. The Morgan fingerprint density at radius 3 is 2.77 bits per heavy atom. The maximum absolute atomic E-state index is 13.0. The zero-order valence-electron chi connectivity index (χ0n) is 15.2. The highest BCUT2D eigenvalue weighted by molar-refractivity contribution is 5.95. The number of amides is 1. The quantitative estimate of drug-likeness (QED) is 0.840. The van der Waals surface area contributed by atoms with E-state index in [0.717, 1.165) is 42.0 Å². The van der Waals surface area contributed by atoms with Crippen molar-refractivity contribution in [3.05, 3.63) is 53.6 Å². The number of methoxy groups -OCH3 is 1. The molecule has 2 aromatic rings. The fourth-order valence-electron chi connectivity index (χ4n) is 3.48. The van der Waals surface area contributed by atoms with Crippen LogP contribution in [0.1, 0.15) is 55.4 Å². The van der Waals surface area contributed by atoms with Crippen LogP contribution in [0.25, 0.3) is 5.57 Å². The minimum absolute atomic E-state index is 0.0136. The summed E-state index contributed by atoms with van der Waals surface area (Å²) >= 11 is 0. The molecular weight excluding hydrogens is 328 g/mol. The number of benzene rings is 1. The monoisotopic (exact) mass is 352 g/mol. The lowest BCUT2D eigenvalue weighted by atomic mass is 10.1. The third kappa shape index (κ3) is 3.42. The smallest absolute Gasteiger partial charge is 0.247 e. The van der Waals surface area contributed by atoms with Gasteiger partial charge in [0, 0.05) is 32.1 Å². The average Bonchev–Trinajstić information content (AvgIpc) is 3.23. The SMILES string of the molecule is CO[C@@H]1C[C@@H](c2nc(C3CC3)n[nH]2)N(C(=O)/C=C(\C)c2ccccc2)C1. The molecule has 0 radical (unpaired) electrons. The molecule has 2 fully saturated rings. The van der Waals surface area contributed by atoms with Crippen LogP contribution in [0, 0.1) is 0 Å². The standard InChI is InChI=1S/C20H24N4O2/c1-13(14-6-4-3-5-7-14)10-18(25)24-12-16(26-2)11-17(24)20-21-19(22-23-20)15-8-9-15/h3-7,10,15-17H,8-9,11-12H2,1-2H3,(H,21,22,23)/b13-10+/t16-,17+/m1/s1. The second kappa shape index (κ2) is 7.03.